The molecular formula is C49H83N17O10S3. The van der Waals surface area contributed by atoms with Crippen LogP contribution >= 0.6 is 22.7 Å². The van der Waals surface area contributed by atoms with E-state index in [-0.39, 0.29) is 72.1 Å². The van der Waals surface area contributed by atoms with Gasteiger partial charge < -0.3 is 81.4 Å². The van der Waals surface area contributed by atoms with Gasteiger partial charge in [0.1, 0.15) is 45.8 Å². The van der Waals surface area contributed by atoms with Crippen molar-refractivity contribution in [1.82, 2.24) is 62.5 Å². The standard InChI is InChI=1S/C49H83N17O10S3/c1-26(2)21-32(62-46(73)31(12-20-79(6)76)61-48(75)38-27(3)41(53)66-43(64-38)33(22-36(52)68)59-23-30(51)42(54)70)40(69)28(4)44(71)65-39(29(5)67)47(74)58-19-11-37-60-35(25-77-37)49-63-34(24-78-49)45(72)57-18-10-17-56-15-8-7-14-55-16-9-13-50/h24-26,28-33,39-40,55-56,59,67,69H,7-23,50-51H2,1-6H3,(H2,52,68)(H2,54,70)(H,57,72)(H,58,74)(H,61,75)(H,62,73)(H,65,71)(H2,53,64,66)/t28-,29+,30-,31-,32+,33-,39-,40-,79?/m0/s1. The van der Waals surface area contributed by atoms with Crippen LogP contribution in [0.1, 0.15) is 116 Å². The van der Waals surface area contributed by atoms with E-state index in [0.29, 0.717) is 35.2 Å². The summed E-state index contributed by atoms with van der Waals surface area (Å²) in [5.41, 5.74) is 28.8. The molecule has 0 aliphatic rings. The summed E-state index contributed by atoms with van der Waals surface area (Å²) in [6, 6.07) is -6.12. The molecule has 7 amide bonds. The maximum Gasteiger partial charge on any atom is 0.271 e. The number of carbonyl (C=O) groups is 7. The number of aliphatic hydroxyl groups is 2. The number of anilines is 1. The number of amides is 7. The third-order valence-corrected chi connectivity index (χ3v) is 14.9. The summed E-state index contributed by atoms with van der Waals surface area (Å²) in [7, 11) is -1.42. The molecule has 3 heterocycles. The number of nitrogens with two attached hydrogens (primary N) is 5. The number of nitrogen functional groups attached to an aromatic ring is 1. The molecule has 0 saturated heterocycles. The Balaban J connectivity index is 1.61. The highest BCUT2D eigenvalue weighted by molar-refractivity contribution is 7.84. The van der Waals surface area contributed by atoms with Crippen LogP contribution < -0.4 is 71.2 Å². The Bertz CT molecular complexity index is 2480. The maximum atomic E-state index is 14.1. The number of hydrogen-bond donors (Lipinski definition) is 15. The van der Waals surface area contributed by atoms with Gasteiger partial charge in [-0.3, -0.25) is 37.8 Å². The Morgan fingerprint density at radius 1 is 0.772 bits per heavy atom. The molecule has 3 rings (SSSR count). The molecule has 0 aliphatic heterocycles. The van der Waals surface area contributed by atoms with Crippen LogP contribution in [0.4, 0.5) is 5.82 Å². The van der Waals surface area contributed by atoms with Crippen LogP contribution in [0.25, 0.3) is 10.7 Å². The lowest BCUT2D eigenvalue weighted by atomic mass is 9.90. The molecule has 442 valence electrons. The fraction of sp³-hybridized carbons (Fsp3) is 0.653. The summed E-state index contributed by atoms with van der Waals surface area (Å²) in [5, 5.41) is 50.1. The maximum absolute atomic E-state index is 14.1. The van der Waals surface area contributed by atoms with E-state index in [1.165, 1.54) is 49.7 Å². The van der Waals surface area contributed by atoms with Gasteiger partial charge in [-0.25, -0.2) is 19.9 Å². The fourth-order valence-corrected chi connectivity index (χ4v) is 9.89. The quantitative estimate of drug-likeness (QED) is 0.0259. The lowest BCUT2D eigenvalue weighted by molar-refractivity contribution is -0.136. The number of nitrogens with zero attached hydrogens (tertiary/aromatic N) is 4. The molecular weight excluding hydrogens is 1080 g/mol. The molecule has 0 bridgehead atoms. The van der Waals surface area contributed by atoms with Crippen molar-refractivity contribution in [2.45, 2.75) is 128 Å². The first kappa shape index (κ1) is 67.6. The second-order valence-corrected chi connectivity index (χ2v) is 22.9. The monoisotopic (exact) mass is 1170 g/mol. The predicted molar refractivity (Wildman–Crippen MR) is 303 cm³/mol. The van der Waals surface area contributed by atoms with Gasteiger partial charge in [0.25, 0.3) is 11.8 Å². The summed E-state index contributed by atoms with van der Waals surface area (Å²) in [4.78, 5) is 109. The Morgan fingerprint density at radius 2 is 1.44 bits per heavy atom. The van der Waals surface area contributed by atoms with E-state index in [4.69, 9.17) is 28.7 Å². The number of thiazole rings is 2. The van der Waals surface area contributed by atoms with Gasteiger partial charge in [0.2, 0.25) is 29.5 Å². The van der Waals surface area contributed by atoms with Gasteiger partial charge >= 0.3 is 0 Å². The molecule has 0 aromatic carbocycles. The normalized spacial score (nSPS) is 14.9. The summed E-state index contributed by atoms with van der Waals surface area (Å²) >= 11 is 2.62. The van der Waals surface area contributed by atoms with Crippen molar-refractivity contribution in [2.75, 3.05) is 70.1 Å². The molecule has 3 aromatic rings. The first-order valence-electron chi connectivity index (χ1n) is 26.3. The number of primary amides is 2. The Hall–Kier alpha value is -5.70. The molecule has 20 N–H and O–H groups in total. The summed E-state index contributed by atoms with van der Waals surface area (Å²) in [5.74, 6) is -6.84. The summed E-state index contributed by atoms with van der Waals surface area (Å²) in [6.07, 6.45) is 2.30. The first-order chi connectivity index (χ1) is 37.4. The summed E-state index contributed by atoms with van der Waals surface area (Å²) in [6.45, 7) is 12.5. The molecule has 3 aromatic heterocycles. The van der Waals surface area contributed by atoms with Crippen molar-refractivity contribution in [3.63, 3.8) is 0 Å². The van der Waals surface area contributed by atoms with Crippen LogP contribution in [-0.2, 0) is 41.2 Å². The number of aromatic nitrogens is 4. The van der Waals surface area contributed by atoms with Gasteiger partial charge in [-0.15, -0.1) is 22.7 Å². The minimum Gasteiger partial charge on any atom is -0.391 e. The van der Waals surface area contributed by atoms with Crippen molar-refractivity contribution < 1.29 is 48.0 Å². The number of aliphatic hydroxyl groups excluding tert-OH is 2. The van der Waals surface area contributed by atoms with E-state index in [0.717, 1.165) is 51.9 Å². The van der Waals surface area contributed by atoms with E-state index in [1.54, 1.807) is 10.8 Å². The second-order valence-electron chi connectivity index (χ2n) is 19.6. The molecule has 0 saturated carbocycles. The van der Waals surface area contributed by atoms with E-state index in [2.05, 4.69) is 62.5 Å². The van der Waals surface area contributed by atoms with E-state index in [1.807, 2.05) is 13.8 Å². The fourth-order valence-electron chi connectivity index (χ4n) is 7.71. The molecule has 0 fully saturated rings. The molecule has 27 nitrogen and oxygen atoms in total. The highest BCUT2D eigenvalue weighted by Crippen LogP contribution is 2.26. The third-order valence-electron chi connectivity index (χ3n) is 12.3. The number of rotatable bonds is 39. The lowest BCUT2D eigenvalue weighted by Crippen LogP contribution is -2.58. The van der Waals surface area contributed by atoms with Crippen LogP contribution in [0.15, 0.2) is 10.8 Å². The van der Waals surface area contributed by atoms with Gasteiger partial charge in [-0.1, -0.05) is 20.8 Å². The first-order valence-corrected chi connectivity index (χ1v) is 29.8. The number of unbranched alkanes of at least 4 members (excludes halogenated alkanes) is 1. The van der Waals surface area contributed by atoms with Gasteiger partial charge in [0, 0.05) is 71.6 Å². The molecule has 0 aliphatic carbocycles. The largest absolute Gasteiger partial charge is 0.391 e. The average Bonchev–Trinajstić information content (AvgIpc) is 4.12. The van der Waals surface area contributed by atoms with Crippen LogP contribution in [-0.4, -0.2) is 176 Å². The van der Waals surface area contributed by atoms with E-state index < -0.39 is 101 Å². The highest BCUT2D eigenvalue weighted by Gasteiger charge is 2.36. The molecule has 0 radical (unpaired) electrons. The van der Waals surface area contributed by atoms with Crippen molar-refractivity contribution >= 4 is 80.6 Å². The zero-order chi connectivity index (χ0) is 58.8. The van der Waals surface area contributed by atoms with Crippen LogP contribution in [0.5, 0.6) is 0 Å². The second kappa shape index (κ2) is 35.1. The Labute approximate surface area is 471 Å². The zero-order valence-corrected chi connectivity index (χ0v) is 48.4. The van der Waals surface area contributed by atoms with Crippen LogP contribution in [0.2, 0.25) is 0 Å². The van der Waals surface area contributed by atoms with Crippen molar-refractivity contribution in [3.05, 3.63) is 38.5 Å². The molecule has 0 spiro atoms. The van der Waals surface area contributed by atoms with Gasteiger partial charge in [0.15, 0.2) is 0 Å². The summed E-state index contributed by atoms with van der Waals surface area (Å²) < 4.78 is 12.3. The Kier molecular flexibility index (Phi) is 30.0. The third kappa shape index (κ3) is 23.9. The minimum atomic E-state index is -1.56. The number of nitrogens with one attached hydrogen (secondary N) is 8. The number of carbonyl (C=O) groups excluding carboxylic acids is 7. The molecule has 9 atom stereocenters. The number of hydrogen-bond acceptors (Lipinski definition) is 22. The SMILES string of the molecule is Cc1c(N)nc([C@H](CC(N)=O)NC[C@H](N)C(N)=O)nc1C(=O)N[C@@H](CCS(C)=O)C(=O)N[C@H](CC(C)C)[C@@H](O)[C@H](C)C(=O)N[C@H](C(=O)NCCc1nc(-c2nc(C(=O)NCCCNCCCCNCCCN)cs2)cs1)[C@@H](C)O. The van der Waals surface area contributed by atoms with E-state index in [9.17, 15) is 48.0 Å². The van der Waals surface area contributed by atoms with Crippen LogP contribution in [0.3, 0.4) is 0 Å². The predicted octanol–water partition coefficient (Wildman–Crippen LogP) is -2.69. The zero-order valence-electron chi connectivity index (χ0n) is 45.9. The van der Waals surface area contributed by atoms with Gasteiger partial charge in [-0.2, -0.15) is 0 Å². The minimum absolute atomic E-state index is 0.0343. The lowest BCUT2D eigenvalue weighted by Gasteiger charge is -2.32. The van der Waals surface area contributed by atoms with Crippen molar-refractivity contribution in [3.8, 4) is 10.7 Å². The molecule has 30 heteroatoms. The smallest absolute Gasteiger partial charge is 0.271 e. The molecule has 1 unspecified atom stereocenters. The van der Waals surface area contributed by atoms with Gasteiger partial charge in [-0.05, 0) is 91.0 Å². The van der Waals surface area contributed by atoms with Crippen molar-refractivity contribution in [1.29, 1.82) is 0 Å². The van der Waals surface area contributed by atoms with E-state index >= 15 is 0 Å². The Morgan fingerprint density at radius 3 is 2.06 bits per heavy atom. The van der Waals surface area contributed by atoms with Crippen LogP contribution in [0, 0.1) is 18.8 Å². The van der Waals surface area contributed by atoms with Crippen molar-refractivity contribution in [2.24, 2.45) is 34.8 Å². The topological polar surface area (TPSA) is 455 Å². The molecule has 79 heavy (non-hydrogen) atoms. The highest BCUT2D eigenvalue weighted by atomic mass is 32.2. The average molecular weight is 1170 g/mol. The van der Waals surface area contributed by atoms with Gasteiger partial charge in [0.05, 0.1) is 41.3 Å².